The lowest BCUT2D eigenvalue weighted by atomic mass is 9.76. The van der Waals surface area contributed by atoms with Gasteiger partial charge in [-0.15, -0.1) is 0 Å². The number of hydrogen-bond acceptors (Lipinski definition) is 6. The van der Waals surface area contributed by atoms with Crippen LogP contribution in [0.1, 0.15) is 35.4 Å². The van der Waals surface area contributed by atoms with Crippen molar-refractivity contribution in [3.8, 4) is 11.5 Å². The summed E-state index contributed by atoms with van der Waals surface area (Å²) in [6.45, 7) is 1.83. The van der Waals surface area contributed by atoms with Crippen LogP contribution in [0.3, 0.4) is 0 Å². The zero-order valence-corrected chi connectivity index (χ0v) is 13.6. The molecule has 3 rings (SSSR count). The zero-order valence-electron chi connectivity index (χ0n) is 13.6. The molecule has 1 saturated heterocycles. The fourth-order valence-electron chi connectivity index (χ4n) is 3.38. The Morgan fingerprint density at radius 2 is 2.09 bits per heavy atom. The number of phenolic OH excluding ortho intramolecular Hbond substituents is 1. The summed E-state index contributed by atoms with van der Waals surface area (Å²) in [6.07, 6.45) is 1.54. The molecule has 1 aromatic rings. The number of ketones is 1. The molecule has 1 aromatic carbocycles. The summed E-state index contributed by atoms with van der Waals surface area (Å²) in [4.78, 5) is 12.8. The van der Waals surface area contributed by atoms with Gasteiger partial charge in [0.05, 0.1) is 32.1 Å². The minimum atomic E-state index is -0.803. The largest absolute Gasteiger partial charge is 0.507 e. The second-order valence-electron chi connectivity index (χ2n) is 5.94. The summed E-state index contributed by atoms with van der Waals surface area (Å²) in [5, 5.41) is 10.3. The molecule has 23 heavy (non-hydrogen) atoms. The number of benzene rings is 1. The average molecular weight is 320 g/mol. The SMILES string of the molecule is COC=C1C(=O)c2c(O)cc(OC)cc2C2OC(C)(OC)CC12. The molecule has 6 heteroatoms. The second kappa shape index (κ2) is 5.54. The summed E-state index contributed by atoms with van der Waals surface area (Å²) >= 11 is 0. The van der Waals surface area contributed by atoms with Crippen molar-refractivity contribution in [3.05, 3.63) is 35.1 Å². The predicted octanol–water partition coefficient (Wildman–Crippen LogP) is 2.57. The summed E-state index contributed by atoms with van der Waals surface area (Å²) in [7, 11) is 4.57. The van der Waals surface area contributed by atoms with Crippen molar-refractivity contribution >= 4 is 5.78 Å². The van der Waals surface area contributed by atoms with E-state index in [9.17, 15) is 9.90 Å². The molecule has 2 aliphatic rings. The number of rotatable bonds is 3. The van der Waals surface area contributed by atoms with Crippen LogP contribution >= 0.6 is 0 Å². The fraction of sp³-hybridized carbons (Fsp3) is 0.471. The number of ether oxygens (including phenoxy) is 4. The predicted molar refractivity (Wildman–Crippen MR) is 81.4 cm³/mol. The molecule has 6 nitrogen and oxygen atoms in total. The number of aromatic hydroxyl groups is 1. The van der Waals surface area contributed by atoms with Gasteiger partial charge in [-0.2, -0.15) is 0 Å². The molecule has 124 valence electrons. The van der Waals surface area contributed by atoms with E-state index in [1.807, 2.05) is 6.92 Å². The quantitative estimate of drug-likeness (QED) is 0.681. The Morgan fingerprint density at radius 3 is 2.70 bits per heavy atom. The Hall–Kier alpha value is -2.05. The maximum Gasteiger partial charge on any atom is 0.196 e. The van der Waals surface area contributed by atoms with Crippen LogP contribution in [0.5, 0.6) is 11.5 Å². The molecule has 3 unspecified atom stereocenters. The van der Waals surface area contributed by atoms with E-state index >= 15 is 0 Å². The minimum absolute atomic E-state index is 0.126. The molecule has 1 fully saturated rings. The Labute approximate surface area is 134 Å². The highest BCUT2D eigenvalue weighted by Gasteiger charge is 2.51. The lowest BCUT2D eigenvalue weighted by molar-refractivity contribution is -0.200. The van der Waals surface area contributed by atoms with Gasteiger partial charge in [0.15, 0.2) is 11.6 Å². The first-order chi connectivity index (χ1) is 10.9. The van der Waals surface area contributed by atoms with E-state index in [-0.39, 0.29) is 23.0 Å². The maximum absolute atomic E-state index is 12.8. The van der Waals surface area contributed by atoms with Gasteiger partial charge in [0.2, 0.25) is 0 Å². The van der Waals surface area contributed by atoms with Crippen molar-refractivity contribution in [2.45, 2.75) is 25.2 Å². The molecule has 1 heterocycles. The van der Waals surface area contributed by atoms with Crippen molar-refractivity contribution in [3.63, 3.8) is 0 Å². The lowest BCUT2D eigenvalue weighted by Crippen LogP contribution is -2.25. The Bertz CT molecular complexity index is 680. The van der Waals surface area contributed by atoms with Crippen molar-refractivity contribution in [1.29, 1.82) is 0 Å². The van der Waals surface area contributed by atoms with Gasteiger partial charge in [-0.25, -0.2) is 0 Å². The highest BCUT2D eigenvalue weighted by Crippen LogP contribution is 2.53. The lowest BCUT2D eigenvalue weighted by Gasteiger charge is -2.29. The molecular formula is C17H20O6. The van der Waals surface area contributed by atoms with E-state index in [4.69, 9.17) is 18.9 Å². The highest BCUT2D eigenvalue weighted by molar-refractivity contribution is 6.13. The van der Waals surface area contributed by atoms with E-state index in [2.05, 4.69) is 0 Å². The summed E-state index contributed by atoms with van der Waals surface area (Å²) < 4.78 is 21.8. The van der Waals surface area contributed by atoms with Gasteiger partial charge in [-0.3, -0.25) is 4.79 Å². The van der Waals surface area contributed by atoms with E-state index in [1.54, 1.807) is 13.2 Å². The summed E-state index contributed by atoms with van der Waals surface area (Å²) in [5.74, 6) is -0.914. The first kappa shape index (κ1) is 15.8. The van der Waals surface area contributed by atoms with Crippen molar-refractivity contribution in [2.24, 2.45) is 5.92 Å². The average Bonchev–Trinajstić information content (AvgIpc) is 2.89. The van der Waals surface area contributed by atoms with Crippen LogP contribution in [0, 0.1) is 5.92 Å². The highest BCUT2D eigenvalue weighted by atomic mass is 16.7. The van der Waals surface area contributed by atoms with Crippen LogP contribution < -0.4 is 4.74 Å². The molecule has 0 amide bonds. The topological polar surface area (TPSA) is 74.2 Å². The summed E-state index contributed by atoms with van der Waals surface area (Å²) in [6, 6.07) is 3.15. The Morgan fingerprint density at radius 1 is 1.35 bits per heavy atom. The van der Waals surface area contributed by atoms with E-state index in [1.165, 1.54) is 26.5 Å². The van der Waals surface area contributed by atoms with Crippen LogP contribution in [-0.4, -0.2) is 38.0 Å². The molecular weight excluding hydrogens is 300 g/mol. The number of hydrogen-bond donors (Lipinski definition) is 1. The molecule has 1 aliphatic heterocycles. The molecule has 0 aromatic heterocycles. The monoisotopic (exact) mass is 320 g/mol. The number of fused-ring (bicyclic) bond motifs is 3. The van der Waals surface area contributed by atoms with Crippen molar-refractivity contribution in [2.75, 3.05) is 21.3 Å². The number of methoxy groups -OCH3 is 3. The normalized spacial score (nSPS) is 31.0. The van der Waals surface area contributed by atoms with E-state index in [0.29, 0.717) is 23.3 Å². The third-order valence-electron chi connectivity index (χ3n) is 4.56. The van der Waals surface area contributed by atoms with Crippen molar-refractivity contribution in [1.82, 2.24) is 0 Å². The molecule has 0 radical (unpaired) electrons. The van der Waals surface area contributed by atoms with Gasteiger partial charge in [0.25, 0.3) is 0 Å². The fourth-order valence-corrected chi connectivity index (χ4v) is 3.38. The van der Waals surface area contributed by atoms with Crippen LogP contribution in [-0.2, 0) is 14.2 Å². The number of carbonyl (C=O) groups excluding carboxylic acids is 1. The zero-order chi connectivity index (χ0) is 16.8. The van der Waals surface area contributed by atoms with Gasteiger partial charge in [0, 0.05) is 36.7 Å². The molecule has 1 aliphatic carbocycles. The molecule has 3 atom stereocenters. The van der Waals surface area contributed by atoms with E-state index < -0.39 is 11.9 Å². The molecule has 0 bridgehead atoms. The van der Waals surface area contributed by atoms with Gasteiger partial charge in [-0.1, -0.05) is 0 Å². The maximum atomic E-state index is 12.8. The number of phenols is 1. The number of Topliss-reactive ketones (excluding diaryl/α,β-unsaturated/α-hetero) is 1. The Balaban J connectivity index is 2.20. The van der Waals surface area contributed by atoms with Crippen LogP contribution in [0.2, 0.25) is 0 Å². The minimum Gasteiger partial charge on any atom is -0.507 e. The molecule has 1 N–H and O–H groups in total. The molecule has 0 spiro atoms. The van der Waals surface area contributed by atoms with E-state index in [0.717, 1.165) is 0 Å². The van der Waals surface area contributed by atoms with Crippen LogP contribution in [0.4, 0.5) is 0 Å². The van der Waals surface area contributed by atoms with Crippen LogP contribution in [0.15, 0.2) is 24.0 Å². The smallest absolute Gasteiger partial charge is 0.196 e. The van der Waals surface area contributed by atoms with Gasteiger partial charge >= 0.3 is 0 Å². The number of carbonyl (C=O) groups is 1. The van der Waals surface area contributed by atoms with Gasteiger partial charge in [0.1, 0.15) is 11.5 Å². The second-order valence-corrected chi connectivity index (χ2v) is 5.94. The third kappa shape index (κ3) is 2.38. The first-order valence-corrected chi connectivity index (χ1v) is 7.35. The van der Waals surface area contributed by atoms with Gasteiger partial charge < -0.3 is 24.1 Å². The Kier molecular flexibility index (Phi) is 3.82. The van der Waals surface area contributed by atoms with Gasteiger partial charge in [-0.05, 0) is 13.0 Å². The van der Waals surface area contributed by atoms with Crippen LogP contribution in [0.25, 0.3) is 0 Å². The first-order valence-electron chi connectivity index (χ1n) is 7.35. The summed E-state index contributed by atoms with van der Waals surface area (Å²) in [5.41, 5.74) is 1.33. The standard InChI is InChI=1S/C17H20O6/c1-17(22-4)7-11-12(8-20-2)15(19)14-10(16(11)23-17)5-9(21-3)6-13(14)18/h5-6,8,11,16,18H,7H2,1-4H3. The third-order valence-corrected chi connectivity index (χ3v) is 4.56. The van der Waals surface area contributed by atoms with Crippen molar-refractivity contribution < 1.29 is 28.8 Å². The molecule has 0 saturated carbocycles.